The van der Waals surface area contributed by atoms with E-state index in [4.69, 9.17) is 9.47 Å². The normalized spacial score (nSPS) is 16.6. The van der Waals surface area contributed by atoms with E-state index in [0.717, 1.165) is 5.75 Å². The number of para-hydroxylation sites is 1. The van der Waals surface area contributed by atoms with Gasteiger partial charge < -0.3 is 14.0 Å². The van der Waals surface area contributed by atoms with E-state index in [0.29, 0.717) is 25.2 Å². The summed E-state index contributed by atoms with van der Waals surface area (Å²) in [6.07, 6.45) is 0.452. The number of hydrogen-bond acceptors (Lipinski definition) is 3. The van der Waals surface area contributed by atoms with Gasteiger partial charge in [-0.25, -0.2) is 0 Å². The van der Waals surface area contributed by atoms with Crippen LogP contribution in [0.2, 0.25) is 0 Å². The van der Waals surface area contributed by atoms with Crippen molar-refractivity contribution in [2.75, 3.05) is 13.7 Å². The molecule has 0 spiro atoms. The summed E-state index contributed by atoms with van der Waals surface area (Å²) in [5.41, 5.74) is 4.36. The Hall–Kier alpha value is -2.59. The van der Waals surface area contributed by atoms with Gasteiger partial charge in [-0.2, -0.15) is 0 Å². The van der Waals surface area contributed by atoms with Crippen LogP contribution in [-0.2, 0) is 18.4 Å². The highest BCUT2D eigenvalue weighted by atomic mass is 16.5. The molecule has 1 aliphatic heterocycles. The van der Waals surface area contributed by atoms with Crippen LogP contribution in [0.4, 0.5) is 0 Å². The molecule has 2 aromatic carbocycles. The fraction of sp³-hybridized carbons (Fsp3) is 0.286. The van der Waals surface area contributed by atoms with Crippen LogP contribution in [0.25, 0.3) is 10.9 Å². The molecule has 4 heteroatoms. The summed E-state index contributed by atoms with van der Waals surface area (Å²) in [7, 11) is 3.69. The number of rotatable bonds is 4. The van der Waals surface area contributed by atoms with Gasteiger partial charge in [0.25, 0.3) is 0 Å². The first-order valence-electron chi connectivity index (χ1n) is 8.50. The minimum Gasteiger partial charge on any atom is -0.497 e. The quantitative estimate of drug-likeness (QED) is 0.675. The molecule has 0 saturated carbocycles. The molecule has 0 fully saturated rings. The SMILES string of the molecule is COc1ccc(C(=O)CC2COCc3c2c2ccccc2n3C)cc1. The smallest absolute Gasteiger partial charge is 0.163 e. The first kappa shape index (κ1) is 15.9. The first-order valence-corrected chi connectivity index (χ1v) is 8.50. The molecule has 4 nitrogen and oxygen atoms in total. The second-order valence-corrected chi connectivity index (χ2v) is 6.50. The second kappa shape index (κ2) is 6.37. The molecule has 1 aliphatic rings. The summed E-state index contributed by atoms with van der Waals surface area (Å²) in [4.78, 5) is 12.8. The summed E-state index contributed by atoms with van der Waals surface area (Å²) in [5.74, 6) is 0.982. The first-order chi connectivity index (χ1) is 12.2. The molecular formula is C21H21NO3. The fourth-order valence-corrected chi connectivity index (χ4v) is 3.77. The summed E-state index contributed by atoms with van der Waals surface area (Å²) in [6.45, 7) is 1.19. The Labute approximate surface area is 147 Å². The van der Waals surface area contributed by atoms with Crippen molar-refractivity contribution in [2.24, 2.45) is 7.05 Å². The molecule has 2 heterocycles. The minimum atomic E-state index is 0.0875. The van der Waals surface area contributed by atoms with Crippen LogP contribution in [0.15, 0.2) is 48.5 Å². The van der Waals surface area contributed by atoms with Crippen molar-refractivity contribution in [1.29, 1.82) is 0 Å². The van der Waals surface area contributed by atoms with Gasteiger partial charge in [-0.3, -0.25) is 4.79 Å². The zero-order chi connectivity index (χ0) is 17.4. The van der Waals surface area contributed by atoms with Gasteiger partial charge in [0.05, 0.1) is 20.3 Å². The number of ether oxygens (including phenoxy) is 2. The molecule has 0 aliphatic carbocycles. The Kier molecular flexibility index (Phi) is 4.06. The summed E-state index contributed by atoms with van der Waals surface area (Å²) >= 11 is 0. The summed E-state index contributed by atoms with van der Waals surface area (Å²) in [6, 6.07) is 15.7. The minimum absolute atomic E-state index is 0.0875. The van der Waals surface area contributed by atoms with Gasteiger partial charge in [-0.15, -0.1) is 0 Å². The molecule has 0 saturated heterocycles. The number of ketones is 1. The van der Waals surface area contributed by atoms with Gasteiger partial charge >= 0.3 is 0 Å². The third kappa shape index (κ3) is 2.72. The van der Waals surface area contributed by atoms with Gasteiger partial charge in [0.1, 0.15) is 5.75 Å². The monoisotopic (exact) mass is 335 g/mol. The highest BCUT2D eigenvalue weighted by molar-refractivity contribution is 5.97. The van der Waals surface area contributed by atoms with Crippen molar-refractivity contribution in [3.63, 3.8) is 0 Å². The van der Waals surface area contributed by atoms with Crippen molar-refractivity contribution in [3.05, 3.63) is 65.4 Å². The summed E-state index contributed by atoms with van der Waals surface area (Å²) in [5, 5.41) is 1.23. The van der Waals surface area contributed by atoms with Crippen molar-refractivity contribution in [2.45, 2.75) is 18.9 Å². The predicted molar refractivity (Wildman–Crippen MR) is 97.3 cm³/mol. The lowest BCUT2D eigenvalue weighted by molar-refractivity contribution is 0.0764. The van der Waals surface area contributed by atoms with E-state index in [-0.39, 0.29) is 11.7 Å². The summed E-state index contributed by atoms with van der Waals surface area (Å²) < 4.78 is 13.2. The number of nitrogens with zero attached hydrogens (tertiary/aromatic N) is 1. The van der Waals surface area contributed by atoms with Crippen LogP contribution in [0, 0.1) is 0 Å². The highest BCUT2D eigenvalue weighted by Gasteiger charge is 2.28. The molecule has 0 bridgehead atoms. The van der Waals surface area contributed by atoms with Gasteiger partial charge in [0.2, 0.25) is 0 Å². The number of aromatic nitrogens is 1. The van der Waals surface area contributed by atoms with E-state index in [9.17, 15) is 4.79 Å². The van der Waals surface area contributed by atoms with Crippen molar-refractivity contribution in [3.8, 4) is 5.75 Å². The standard InChI is InChI=1S/C21H21NO3/c1-22-18-6-4-3-5-17(18)21-15(12-25-13-19(21)22)11-20(23)14-7-9-16(24-2)10-8-14/h3-10,15H,11-13H2,1-2H3. The largest absolute Gasteiger partial charge is 0.497 e. The van der Waals surface area contributed by atoms with Crippen LogP contribution in [-0.4, -0.2) is 24.1 Å². The van der Waals surface area contributed by atoms with E-state index in [1.54, 1.807) is 7.11 Å². The number of methoxy groups -OCH3 is 1. The number of hydrogen-bond donors (Lipinski definition) is 0. The van der Waals surface area contributed by atoms with Gasteiger partial charge in [-0.05, 0) is 35.9 Å². The number of Topliss-reactive ketones (excluding diaryl/α,β-unsaturated/α-hetero) is 1. The lowest BCUT2D eigenvalue weighted by Crippen LogP contribution is -2.20. The molecule has 3 aromatic rings. The molecule has 0 N–H and O–H groups in total. The zero-order valence-corrected chi connectivity index (χ0v) is 14.5. The van der Waals surface area contributed by atoms with Crippen molar-refractivity contribution >= 4 is 16.7 Å². The van der Waals surface area contributed by atoms with Crippen LogP contribution >= 0.6 is 0 Å². The predicted octanol–water partition coefficient (Wildman–Crippen LogP) is 4.07. The number of carbonyl (C=O) groups excluding carboxylic acids is 1. The fourth-order valence-electron chi connectivity index (χ4n) is 3.77. The molecule has 1 unspecified atom stereocenters. The van der Waals surface area contributed by atoms with Gasteiger partial charge in [0, 0.05) is 41.5 Å². The molecule has 1 atom stereocenters. The molecule has 0 radical (unpaired) electrons. The van der Waals surface area contributed by atoms with Crippen molar-refractivity contribution in [1.82, 2.24) is 4.57 Å². The van der Waals surface area contributed by atoms with Crippen LogP contribution < -0.4 is 4.74 Å². The Morgan fingerprint density at radius 1 is 1.20 bits per heavy atom. The van der Waals surface area contributed by atoms with Crippen LogP contribution in [0.3, 0.4) is 0 Å². The van der Waals surface area contributed by atoms with Crippen LogP contribution in [0.5, 0.6) is 5.75 Å². The Balaban J connectivity index is 1.66. The highest BCUT2D eigenvalue weighted by Crippen LogP contribution is 2.37. The Bertz CT molecular complexity index is 924. The third-order valence-corrected chi connectivity index (χ3v) is 5.08. The van der Waals surface area contributed by atoms with E-state index < -0.39 is 0 Å². The zero-order valence-electron chi connectivity index (χ0n) is 14.5. The Morgan fingerprint density at radius 2 is 1.96 bits per heavy atom. The number of fused-ring (bicyclic) bond motifs is 3. The van der Waals surface area contributed by atoms with E-state index in [2.05, 4.69) is 29.8 Å². The van der Waals surface area contributed by atoms with E-state index >= 15 is 0 Å². The lowest BCUT2D eigenvalue weighted by Gasteiger charge is -2.24. The van der Waals surface area contributed by atoms with Crippen molar-refractivity contribution < 1.29 is 14.3 Å². The second-order valence-electron chi connectivity index (χ2n) is 6.50. The van der Waals surface area contributed by atoms with Gasteiger partial charge in [0.15, 0.2) is 5.78 Å². The molecule has 25 heavy (non-hydrogen) atoms. The molecule has 0 amide bonds. The number of aryl methyl sites for hydroxylation is 1. The number of benzene rings is 2. The molecule has 128 valence electrons. The number of carbonyl (C=O) groups is 1. The maximum Gasteiger partial charge on any atom is 0.163 e. The molecule has 4 rings (SSSR count). The lowest BCUT2D eigenvalue weighted by atomic mass is 9.89. The van der Waals surface area contributed by atoms with Gasteiger partial charge in [-0.1, -0.05) is 18.2 Å². The average Bonchev–Trinajstić information content (AvgIpc) is 2.96. The maximum absolute atomic E-state index is 12.8. The van der Waals surface area contributed by atoms with E-state index in [1.165, 1.54) is 22.2 Å². The Morgan fingerprint density at radius 3 is 2.72 bits per heavy atom. The maximum atomic E-state index is 12.8. The third-order valence-electron chi connectivity index (χ3n) is 5.08. The van der Waals surface area contributed by atoms with E-state index in [1.807, 2.05) is 30.3 Å². The average molecular weight is 335 g/mol. The van der Waals surface area contributed by atoms with Crippen LogP contribution in [0.1, 0.15) is 34.0 Å². The molecular weight excluding hydrogens is 314 g/mol. The topological polar surface area (TPSA) is 40.5 Å². The molecule has 1 aromatic heterocycles.